The van der Waals surface area contributed by atoms with Crippen LogP contribution in [0.25, 0.3) is 0 Å². The van der Waals surface area contributed by atoms with Gasteiger partial charge in [0.1, 0.15) is 12.4 Å². The Morgan fingerprint density at radius 2 is 2.25 bits per heavy atom. The quantitative estimate of drug-likeness (QED) is 0.790. The molecule has 0 aliphatic heterocycles. The summed E-state index contributed by atoms with van der Waals surface area (Å²) < 4.78 is 13.3. The van der Waals surface area contributed by atoms with Crippen LogP contribution in [0.2, 0.25) is 0 Å². The molecule has 0 radical (unpaired) electrons. The van der Waals surface area contributed by atoms with Gasteiger partial charge in [0, 0.05) is 0 Å². The van der Waals surface area contributed by atoms with Crippen LogP contribution in [0.5, 0.6) is 0 Å². The second-order valence-electron chi connectivity index (χ2n) is 2.18. The van der Waals surface area contributed by atoms with Crippen LogP contribution in [0.15, 0.2) is 22.7 Å². The summed E-state index contributed by atoms with van der Waals surface area (Å²) in [5.74, 6) is -1.25. The van der Waals surface area contributed by atoms with Crippen LogP contribution in [0, 0.1) is 5.82 Å². The number of carbonyl (C=O) groups is 1. The molecule has 0 saturated heterocycles. The molecule has 0 saturated carbocycles. The third-order valence-corrected chi connectivity index (χ3v) is 2.01. The predicted octanol–water partition coefficient (Wildman–Crippen LogP) is 1.76. The molecule has 1 N–H and O–H groups in total. The fourth-order valence-electron chi connectivity index (χ4n) is 0.804. The Balaban J connectivity index is 3.16. The normalized spacial score (nSPS) is 9.92. The smallest absolute Gasteiger partial charge is 0.191 e. The third kappa shape index (κ3) is 1.70. The molecule has 0 spiro atoms. The van der Waals surface area contributed by atoms with Gasteiger partial charge in [-0.05, 0) is 28.1 Å². The molecule has 0 bridgehead atoms. The number of aliphatic hydroxyl groups is 1. The summed E-state index contributed by atoms with van der Waals surface area (Å²) in [5.41, 5.74) is -0.0909. The van der Waals surface area contributed by atoms with Crippen LogP contribution >= 0.6 is 15.9 Å². The molecule has 0 aliphatic carbocycles. The summed E-state index contributed by atoms with van der Waals surface area (Å²) in [6.45, 7) is -0.673. The zero-order valence-electron chi connectivity index (χ0n) is 6.05. The lowest BCUT2D eigenvalue weighted by Crippen LogP contribution is -2.06. The first-order valence-corrected chi connectivity index (χ1v) is 4.04. The SMILES string of the molecule is O=C(CO)c1cccc(Br)c1F. The number of ketones is 1. The van der Waals surface area contributed by atoms with Gasteiger partial charge in [0.05, 0.1) is 10.0 Å². The number of halogens is 2. The predicted molar refractivity (Wildman–Crippen MR) is 45.5 cm³/mol. The fourth-order valence-corrected chi connectivity index (χ4v) is 1.17. The van der Waals surface area contributed by atoms with Crippen molar-refractivity contribution in [2.75, 3.05) is 6.61 Å². The lowest BCUT2D eigenvalue weighted by atomic mass is 10.1. The van der Waals surface area contributed by atoms with Crippen molar-refractivity contribution in [2.24, 2.45) is 0 Å². The number of benzene rings is 1. The van der Waals surface area contributed by atoms with Gasteiger partial charge in [-0.25, -0.2) is 4.39 Å². The van der Waals surface area contributed by atoms with Gasteiger partial charge < -0.3 is 5.11 Å². The molecule has 0 fully saturated rings. The van der Waals surface area contributed by atoms with E-state index in [-0.39, 0.29) is 10.0 Å². The highest BCUT2D eigenvalue weighted by atomic mass is 79.9. The van der Waals surface area contributed by atoms with E-state index in [1.54, 1.807) is 0 Å². The minimum Gasteiger partial charge on any atom is -0.388 e. The summed E-state index contributed by atoms with van der Waals surface area (Å²) in [6, 6.07) is 4.36. The molecule has 64 valence electrons. The number of hydrogen-bond donors (Lipinski definition) is 1. The highest BCUT2D eigenvalue weighted by Gasteiger charge is 2.11. The molecule has 0 atom stereocenters. The minimum atomic E-state index is -0.673. The van der Waals surface area contributed by atoms with Crippen molar-refractivity contribution in [1.82, 2.24) is 0 Å². The minimum absolute atomic E-state index is 0.0909. The Morgan fingerprint density at radius 1 is 1.58 bits per heavy atom. The van der Waals surface area contributed by atoms with E-state index in [1.165, 1.54) is 18.2 Å². The van der Waals surface area contributed by atoms with Crippen molar-refractivity contribution >= 4 is 21.7 Å². The lowest BCUT2D eigenvalue weighted by Gasteiger charge is -2.00. The summed E-state index contributed by atoms with van der Waals surface area (Å²) in [4.78, 5) is 10.9. The number of rotatable bonds is 2. The number of aliphatic hydroxyl groups excluding tert-OH is 1. The van der Waals surface area contributed by atoms with Gasteiger partial charge in [-0.2, -0.15) is 0 Å². The van der Waals surface area contributed by atoms with E-state index in [0.717, 1.165) is 0 Å². The second kappa shape index (κ2) is 3.78. The van der Waals surface area contributed by atoms with E-state index in [2.05, 4.69) is 15.9 Å². The lowest BCUT2D eigenvalue weighted by molar-refractivity contribution is 0.0899. The monoisotopic (exact) mass is 232 g/mol. The van der Waals surface area contributed by atoms with Gasteiger partial charge in [-0.3, -0.25) is 4.79 Å². The van der Waals surface area contributed by atoms with Gasteiger partial charge in [0.15, 0.2) is 5.78 Å². The van der Waals surface area contributed by atoms with Crippen molar-refractivity contribution in [1.29, 1.82) is 0 Å². The van der Waals surface area contributed by atoms with E-state index in [9.17, 15) is 9.18 Å². The van der Waals surface area contributed by atoms with Gasteiger partial charge in [-0.1, -0.05) is 6.07 Å². The Labute approximate surface area is 77.2 Å². The maximum absolute atomic E-state index is 13.1. The van der Waals surface area contributed by atoms with Gasteiger partial charge in [-0.15, -0.1) is 0 Å². The van der Waals surface area contributed by atoms with Crippen LogP contribution in [0.3, 0.4) is 0 Å². The molecule has 1 aromatic carbocycles. The largest absolute Gasteiger partial charge is 0.388 e. The highest BCUT2D eigenvalue weighted by molar-refractivity contribution is 9.10. The molecule has 1 rings (SSSR count). The molecule has 0 amide bonds. The Kier molecular flexibility index (Phi) is 2.94. The molecule has 0 heterocycles. The van der Waals surface area contributed by atoms with Crippen molar-refractivity contribution in [3.05, 3.63) is 34.1 Å². The first-order valence-electron chi connectivity index (χ1n) is 3.25. The van der Waals surface area contributed by atoms with Crippen LogP contribution in [0.1, 0.15) is 10.4 Å². The second-order valence-corrected chi connectivity index (χ2v) is 3.04. The van der Waals surface area contributed by atoms with E-state index in [0.29, 0.717) is 0 Å². The summed E-state index contributed by atoms with van der Waals surface area (Å²) in [6.07, 6.45) is 0. The van der Waals surface area contributed by atoms with Crippen molar-refractivity contribution < 1.29 is 14.3 Å². The average Bonchev–Trinajstić information content (AvgIpc) is 2.08. The maximum Gasteiger partial charge on any atom is 0.191 e. The number of Topliss-reactive ketones (excluding diaryl/α,β-unsaturated/α-hetero) is 1. The summed E-state index contributed by atoms with van der Waals surface area (Å²) in [7, 11) is 0. The highest BCUT2D eigenvalue weighted by Crippen LogP contribution is 2.18. The van der Waals surface area contributed by atoms with E-state index < -0.39 is 18.2 Å². The van der Waals surface area contributed by atoms with Crippen LogP contribution in [0.4, 0.5) is 4.39 Å². The first kappa shape index (κ1) is 9.35. The molecule has 2 nitrogen and oxygen atoms in total. The van der Waals surface area contributed by atoms with Crippen molar-refractivity contribution in [2.45, 2.75) is 0 Å². The van der Waals surface area contributed by atoms with E-state index >= 15 is 0 Å². The van der Waals surface area contributed by atoms with Gasteiger partial charge >= 0.3 is 0 Å². The standard InChI is InChI=1S/C8H6BrFO2/c9-6-3-1-2-5(8(6)10)7(12)4-11/h1-3,11H,4H2. The van der Waals surface area contributed by atoms with E-state index in [1.807, 2.05) is 0 Å². The summed E-state index contributed by atoms with van der Waals surface area (Å²) >= 11 is 2.93. The zero-order valence-corrected chi connectivity index (χ0v) is 7.64. The van der Waals surface area contributed by atoms with E-state index in [4.69, 9.17) is 5.11 Å². The van der Waals surface area contributed by atoms with Gasteiger partial charge in [0.2, 0.25) is 0 Å². The zero-order chi connectivity index (χ0) is 9.14. The Bertz CT molecular complexity index is 312. The number of carbonyl (C=O) groups excluding carboxylic acids is 1. The van der Waals surface area contributed by atoms with Crippen molar-refractivity contribution in [3.8, 4) is 0 Å². The fraction of sp³-hybridized carbons (Fsp3) is 0.125. The average molecular weight is 233 g/mol. The molecule has 12 heavy (non-hydrogen) atoms. The van der Waals surface area contributed by atoms with Gasteiger partial charge in [0.25, 0.3) is 0 Å². The molecule has 4 heteroatoms. The summed E-state index contributed by atoms with van der Waals surface area (Å²) in [5, 5.41) is 8.47. The maximum atomic E-state index is 13.1. The topological polar surface area (TPSA) is 37.3 Å². The Hall–Kier alpha value is -0.740. The Morgan fingerprint density at radius 3 is 2.83 bits per heavy atom. The number of hydrogen-bond acceptors (Lipinski definition) is 2. The molecular formula is C8H6BrFO2. The molecule has 0 aromatic heterocycles. The first-order chi connectivity index (χ1) is 5.66. The molecular weight excluding hydrogens is 227 g/mol. The molecule has 1 aromatic rings. The molecule has 0 aliphatic rings. The third-order valence-electron chi connectivity index (χ3n) is 1.40. The van der Waals surface area contributed by atoms with Crippen LogP contribution in [-0.2, 0) is 0 Å². The van der Waals surface area contributed by atoms with Crippen LogP contribution in [-0.4, -0.2) is 17.5 Å². The molecule has 0 unspecified atom stereocenters. The van der Waals surface area contributed by atoms with Crippen LogP contribution < -0.4 is 0 Å². The van der Waals surface area contributed by atoms with Crippen molar-refractivity contribution in [3.63, 3.8) is 0 Å².